The zero-order valence-electron chi connectivity index (χ0n) is 11.3. The van der Waals surface area contributed by atoms with Crippen molar-refractivity contribution in [2.75, 3.05) is 20.3 Å². The van der Waals surface area contributed by atoms with Crippen LogP contribution in [0.15, 0.2) is 0 Å². The maximum Gasteiger partial charge on any atom is 0.323 e. The molecule has 0 saturated carbocycles. The Morgan fingerprint density at radius 3 is 2.29 bits per heavy atom. The van der Waals surface area contributed by atoms with Crippen LogP contribution in [0.3, 0.4) is 0 Å². The lowest BCUT2D eigenvalue weighted by Crippen LogP contribution is -2.44. The monoisotopic (exact) mass is 247 g/mol. The summed E-state index contributed by atoms with van der Waals surface area (Å²) in [6, 6.07) is 0. The molecule has 5 nitrogen and oxygen atoms in total. The largest absolute Gasteiger partial charge is 0.480 e. The molecule has 0 rings (SSSR count). The number of nitrogens with two attached hydrogens (primary N) is 1. The molecule has 0 amide bonds. The van der Waals surface area contributed by atoms with Crippen LogP contribution in [0.4, 0.5) is 0 Å². The molecular formula is C12H25NO4. The molecule has 102 valence electrons. The van der Waals surface area contributed by atoms with Gasteiger partial charge in [0.15, 0.2) is 0 Å². The van der Waals surface area contributed by atoms with Gasteiger partial charge in [-0.1, -0.05) is 0 Å². The number of hydrogen-bond acceptors (Lipinski definition) is 4. The van der Waals surface area contributed by atoms with Crippen molar-refractivity contribution in [3.05, 3.63) is 0 Å². The van der Waals surface area contributed by atoms with E-state index in [9.17, 15) is 4.79 Å². The van der Waals surface area contributed by atoms with E-state index in [1.807, 2.05) is 13.8 Å². The smallest absolute Gasteiger partial charge is 0.323 e. The highest BCUT2D eigenvalue weighted by molar-refractivity contribution is 5.77. The van der Waals surface area contributed by atoms with Crippen molar-refractivity contribution in [2.24, 2.45) is 5.73 Å². The molecule has 0 spiro atoms. The van der Waals surface area contributed by atoms with Gasteiger partial charge in [0.1, 0.15) is 5.54 Å². The summed E-state index contributed by atoms with van der Waals surface area (Å²) < 4.78 is 10.7. The zero-order chi connectivity index (χ0) is 13.5. The maximum atomic E-state index is 10.7. The van der Waals surface area contributed by atoms with Crippen LogP contribution >= 0.6 is 0 Å². The van der Waals surface area contributed by atoms with E-state index in [-0.39, 0.29) is 5.60 Å². The first-order chi connectivity index (χ1) is 7.71. The molecule has 0 aliphatic carbocycles. The molecule has 17 heavy (non-hydrogen) atoms. The van der Waals surface area contributed by atoms with E-state index in [1.54, 1.807) is 7.11 Å². The Morgan fingerprint density at radius 1 is 1.24 bits per heavy atom. The lowest BCUT2D eigenvalue weighted by Gasteiger charge is -2.23. The number of aliphatic carboxylic acids is 1. The van der Waals surface area contributed by atoms with Gasteiger partial charge in [-0.05, 0) is 40.0 Å². The van der Waals surface area contributed by atoms with E-state index in [2.05, 4.69) is 0 Å². The maximum absolute atomic E-state index is 10.7. The molecule has 0 fully saturated rings. The van der Waals surface area contributed by atoms with Crippen molar-refractivity contribution >= 4 is 5.97 Å². The van der Waals surface area contributed by atoms with E-state index in [0.29, 0.717) is 26.1 Å². The second-order valence-corrected chi connectivity index (χ2v) is 5.15. The molecule has 0 aliphatic rings. The number of carbonyl (C=O) groups is 1. The van der Waals surface area contributed by atoms with E-state index >= 15 is 0 Å². The molecule has 0 aromatic carbocycles. The van der Waals surface area contributed by atoms with Gasteiger partial charge in [-0.25, -0.2) is 0 Å². The fraction of sp³-hybridized carbons (Fsp3) is 0.917. The van der Waals surface area contributed by atoms with Gasteiger partial charge < -0.3 is 20.3 Å². The Kier molecular flexibility index (Phi) is 6.67. The summed E-state index contributed by atoms with van der Waals surface area (Å²) in [7, 11) is 1.67. The fourth-order valence-corrected chi connectivity index (χ4v) is 1.17. The van der Waals surface area contributed by atoms with Crippen LogP contribution in [0.2, 0.25) is 0 Å². The molecule has 3 N–H and O–H groups in total. The van der Waals surface area contributed by atoms with E-state index in [1.165, 1.54) is 6.92 Å². The summed E-state index contributed by atoms with van der Waals surface area (Å²) in [5.41, 5.74) is 4.26. The van der Waals surface area contributed by atoms with Gasteiger partial charge in [0.05, 0.1) is 5.60 Å². The molecule has 0 saturated heterocycles. The average molecular weight is 247 g/mol. The van der Waals surface area contributed by atoms with Gasteiger partial charge in [-0.15, -0.1) is 0 Å². The topological polar surface area (TPSA) is 81.8 Å². The predicted molar refractivity (Wildman–Crippen MR) is 66.0 cm³/mol. The lowest BCUT2D eigenvalue weighted by atomic mass is 9.98. The van der Waals surface area contributed by atoms with Gasteiger partial charge in [0, 0.05) is 20.3 Å². The molecule has 0 bridgehead atoms. The molecule has 0 aliphatic heterocycles. The van der Waals surface area contributed by atoms with Crippen molar-refractivity contribution < 1.29 is 19.4 Å². The number of carboxylic acids is 1. The molecule has 0 heterocycles. The first kappa shape index (κ1) is 16.4. The summed E-state index contributed by atoms with van der Waals surface area (Å²) in [4.78, 5) is 10.7. The van der Waals surface area contributed by atoms with E-state index in [4.69, 9.17) is 20.3 Å². The van der Waals surface area contributed by atoms with Gasteiger partial charge >= 0.3 is 5.97 Å². The quantitative estimate of drug-likeness (QED) is 0.602. The van der Waals surface area contributed by atoms with Gasteiger partial charge in [-0.2, -0.15) is 0 Å². The fourth-order valence-electron chi connectivity index (χ4n) is 1.17. The molecule has 0 radical (unpaired) electrons. The van der Waals surface area contributed by atoms with Crippen LogP contribution in [-0.4, -0.2) is 42.5 Å². The number of methoxy groups -OCH3 is 1. The minimum Gasteiger partial charge on any atom is -0.480 e. The Bertz CT molecular complexity index is 239. The third-order valence-corrected chi connectivity index (χ3v) is 2.87. The highest BCUT2D eigenvalue weighted by Gasteiger charge is 2.26. The van der Waals surface area contributed by atoms with E-state index < -0.39 is 11.5 Å². The van der Waals surface area contributed by atoms with E-state index in [0.717, 1.165) is 6.42 Å². The van der Waals surface area contributed by atoms with Gasteiger partial charge in [0.2, 0.25) is 0 Å². The molecule has 1 unspecified atom stereocenters. The summed E-state index contributed by atoms with van der Waals surface area (Å²) >= 11 is 0. The molecule has 0 aromatic heterocycles. The Hall–Kier alpha value is -0.650. The SMILES string of the molecule is COC(C)(C)CCOCCCC(C)(N)C(=O)O. The Labute approximate surface area is 103 Å². The second kappa shape index (κ2) is 6.93. The minimum absolute atomic E-state index is 0.177. The Balaban J connectivity index is 3.57. The van der Waals surface area contributed by atoms with Crippen molar-refractivity contribution in [3.8, 4) is 0 Å². The summed E-state index contributed by atoms with van der Waals surface area (Å²) in [5, 5.41) is 8.80. The van der Waals surface area contributed by atoms with Crippen LogP contribution in [0, 0.1) is 0 Å². The van der Waals surface area contributed by atoms with Crippen molar-refractivity contribution in [1.29, 1.82) is 0 Å². The zero-order valence-corrected chi connectivity index (χ0v) is 11.3. The number of carboxylic acid groups (broad SMARTS) is 1. The van der Waals surface area contributed by atoms with Crippen molar-refractivity contribution in [3.63, 3.8) is 0 Å². The number of rotatable bonds is 9. The van der Waals surface area contributed by atoms with Gasteiger partial charge in [-0.3, -0.25) is 4.79 Å². The van der Waals surface area contributed by atoms with Crippen LogP contribution in [0.1, 0.15) is 40.0 Å². The predicted octanol–water partition coefficient (Wildman–Crippen LogP) is 1.40. The average Bonchev–Trinajstić information content (AvgIpc) is 2.23. The van der Waals surface area contributed by atoms with Gasteiger partial charge in [0.25, 0.3) is 0 Å². The van der Waals surface area contributed by atoms with Crippen molar-refractivity contribution in [2.45, 2.75) is 51.2 Å². The summed E-state index contributed by atoms with van der Waals surface area (Å²) in [5.74, 6) is -0.974. The third kappa shape index (κ3) is 7.31. The Morgan fingerprint density at radius 2 is 1.82 bits per heavy atom. The highest BCUT2D eigenvalue weighted by Crippen LogP contribution is 2.13. The van der Waals surface area contributed by atoms with Crippen molar-refractivity contribution in [1.82, 2.24) is 0 Å². The summed E-state index contributed by atoms with van der Waals surface area (Å²) in [6.07, 6.45) is 1.87. The lowest BCUT2D eigenvalue weighted by molar-refractivity contribution is -0.143. The van der Waals surface area contributed by atoms with Crippen LogP contribution in [-0.2, 0) is 14.3 Å². The minimum atomic E-state index is -1.16. The van der Waals surface area contributed by atoms with Crippen LogP contribution in [0.25, 0.3) is 0 Å². The normalized spacial score (nSPS) is 15.6. The number of hydrogen-bond donors (Lipinski definition) is 2. The third-order valence-electron chi connectivity index (χ3n) is 2.87. The summed E-state index contributed by atoms with van der Waals surface area (Å²) in [6.45, 7) is 6.65. The highest BCUT2D eigenvalue weighted by atomic mass is 16.5. The first-order valence-electron chi connectivity index (χ1n) is 5.86. The van der Waals surface area contributed by atoms with Crippen LogP contribution in [0.5, 0.6) is 0 Å². The molecule has 5 heteroatoms. The standard InChI is InChI=1S/C12H25NO4/c1-11(2,16-4)7-9-17-8-5-6-12(3,13)10(14)15/h5-9,13H2,1-4H3,(H,14,15). The van der Waals surface area contributed by atoms with Crippen LogP contribution < -0.4 is 5.73 Å². The second-order valence-electron chi connectivity index (χ2n) is 5.15. The molecule has 1 atom stereocenters. The molecule has 0 aromatic rings. The number of ether oxygens (including phenoxy) is 2. The first-order valence-corrected chi connectivity index (χ1v) is 5.86. The molecular weight excluding hydrogens is 222 g/mol.